The zero-order valence-corrected chi connectivity index (χ0v) is 15.4. The molecule has 5 heteroatoms. The summed E-state index contributed by atoms with van der Waals surface area (Å²) in [5.74, 6) is 1.24. The zero-order valence-electron chi connectivity index (χ0n) is 15.4. The van der Waals surface area contributed by atoms with Crippen LogP contribution in [0.1, 0.15) is 34.1 Å². The van der Waals surface area contributed by atoms with Crippen LogP contribution in [0.15, 0.2) is 48.5 Å². The van der Waals surface area contributed by atoms with Crippen LogP contribution in [0.25, 0.3) is 0 Å². The summed E-state index contributed by atoms with van der Waals surface area (Å²) in [5, 5.41) is 6.54. The summed E-state index contributed by atoms with van der Waals surface area (Å²) in [6.45, 7) is 7.62. The van der Waals surface area contributed by atoms with Gasteiger partial charge in [-0.15, -0.1) is 0 Å². The van der Waals surface area contributed by atoms with Crippen LogP contribution >= 0.6 is 0 Å². The van der Waals surface area contributed by atoms with Crippen LogP contribution in [0.5, 0.6) is 0 Å². The van der Waals surface area contributed by atoms with E-state index in [1.165, 1.54) is 11.1 Å². The number of carbonyl (C=O) groups is 1. The van der Waals surface area contributed by atoms with Crippen molar-refractivity contribution in [3.63, 3.8) is 0 Å². The van der Waals surface area contributed by atoms with Crippen molar-refractivity contribution in [2.75, 3.05) is 10.6 Å². The second-order valence-corrected chi connectivity index (χ2v) is 6.35. The van der Waals surface area contributed by atoms with Gasteiger partial charge in [-0.3, -0.25) is 4.79 Å². The molecule has 2 aromatic carbocycles. The van der Waals surface area contributed by atoms with Gasteiger partial charge in [-0.05, 0) is 57.0 Å². The van der Waals surface area contributed by atoms with Crippen molar-refractivity contribution in [1.82, 2.24) is 9.97 Å². The quantitative estimate of drug-likeness (QED) is 0.630. The average Bonchev–Trinajstić information content (AvgIpc) is 2.59. The summed E-state index contributed by atoms with van der Waals surface area (Å²) < 4.78 is 0. The van der Waals surface area contributed by atoms with Gasteiger partial charge in [-0.1, -0.05) is 24.3 Å². The zero-order chi connectivity index (χ0) is 18.7. The minimum Gasteiger partial charge on any atom is -0.340 e. The number of aromatic nitrogens is 2. The molecule has 0 aliphatic carbocycles. The van der Waals surface area contributed by atoms with E-state index in [0.717, 1.165) is 17.1 Å². The van der Waals surface area contributed by atoms with Crippen LogP contribution in [-0.4, -0.2) is 15.8 Å². The largest absolute Gasteiger partial charge is 0.340 e. The first-order valence-corrected chi connectivity index (χ1v) is 8.49. The van der Waals surface area contributed by atoms with Crippen LogP contribution in [0.2, 0.25) is 0 Å². The van der Waals surface area contributed by atoms with E-state index in [4.69, 9.17) is 0 Å². The molecule has 0 fully saturated rings. The summed E-state index contributed by atoms with van der Waals surface area (Å²) in [5.41, 5.74) is 5.68. The Hall–Kier alpha value is -3.21. The van der Waals surface area contributed by atoms with Crippen LogP contribution in [-0.2, 0) is 0 Å². The molecule has 26 heavy (non-hydrogen) atoms. The summed E-state index contributed by atoms with van der Waals surface area (Å²) in [6.07, 6.45) is 0. The van der Waals surface area contributed by atoms with E-state index >= 15 is 0 Å². The van der Waals surface area contributed by atoms with Gasteiger partial charge in [-0.25, -0.2) is 4.98 Å². The minimum atomic E-state index is 0.0322. The summed E-state index contributed by atoms with van der Waals surface area (Å²) in [4.78, 5) is 20.6. The molecule has 0 aliphatic rings. The lowest BCUT2D eigenvalue weighted by atomic mass is 10.1. The number of nitrogens with zero attached hydrogens (tertiary/aromatic N) is 2. The van der Waals surface area contributed by atoms with Crippen LogP contribution in [0.3, 0.4) is 0 Å². The topological polar surface area (TPSA) is 66.9 Å². The van der Waals surface area contributed by atoms with E-state index in [0.29, 0.717) is 17.3 Å². The van der Waals surface area contributed by atoms with Gasteiger partial charge >= 0.3 is 0 Å². The maximum atomic E-state index is 11.6. The highest BCUT2D eigenvalue weighted by molar-refractivity contribution is 5.95. The number of ketones is 1. The van der Waals surface area contributed by atoms with Crippen molar-refractivity contribution in [2.45, 2.75) is 27.7 Å². The molecule has 0 unspecified atom stereocenters. The first-order valence-electron chi connectivity index (χ1n) is 8.49. The predicted octanol–water partition coefficient (Wildman–Crippen LogP) is 5.09. The third kappa shape index (κ3) is 4.06. The number of anilines is 4. The fourth-order valence-electron chi connectivity index (χ4n) is 2.66. The van der Waals surface area contributed by atoms with Crippen molar-refractivity contribution in [3.05, 3.63) is 70.9 Å². The fraction of sp³-hybridized carbons (Fsp3) is 0.190. The molecule has 0 atom stereocenters. The Morgan fingerprint density at radius 2 is 1.69 bits per heavy atom. The molecule has 1 heterocycles. The molecule has 0 saturated heterocycles. The molecule has 0 spiro atoms. The van der Waals surface area contributed by atoms with Crippen LogP contribution in [0, 0.1) is 20.8 Å². The summed E-state index contributed by atoms with van der Waals surface area (Å²) in [6, 6.07) is 15.3. The number of rotatable bonds is 5. The molecule has 0 aliphatic heterocycles. The molecule has 0 bridgehead atoms. The van der Waals surface area contributed by atoms with E-state index in [1.54, 1.807) is 13.0 Å². The van der Waals surface area contributed by atoms with Crippen molar-refractivity contribution in [1.29, 1.82) is 0 Å². The average molecular weight is 346 g/mol. The molecular formula is C21H22N4O. The van der Waals surface area contributed by atoms with Crippen molar-refractivity contribution < 1.29 is 4.79 Å². The maximum absolute atomic E-state index is 11.6. The normalized spacial score (nSPS) is 10.5. The van der Waals surface area contributed by atoms with Gasteiger partial charge in [0.05, 0.1) is 0 Å². The SMILES string of the molecule is CC(=O)c1cccc(Nc2cc(C)nc(Nc3cccc(C)c3C)n2)c1. The van der Waals surface area contributed by atoms with Gasteiger partial charge in [0, 0.05) is 28.7 Å². The Labute approximate surface area is 153 Å². The summed E-state index contributed by atoms with van der Waals surface area (Å²) >= 11 is 0. The minimum absolute atomic E-state index is 0.0322. The Kier molecular flexibility index (Phi) is 4.98. The highest BCUT2D eigenvalue weighted by Crippen LogP contribution is 2.23. The molecule has 0 radical (unpaired) electrons. The van der Waals surface area contributed by atoms with Crippen LogP contribution < -0.4 is 10.6 Å². The predicted molar refractivity (Wildman–Crippen MR) is 106 cm³/mol. The van der Waals surface area contributed by atoms with Crippen molar-refractivity contribution >= 4 is 28.9 Å². The van der Waals surface area contributed by atoms with Crippen molar-refractivity contribution in [3.8, 4) is 0 Å². The molecule has 3 aromatic rings. The van der Waals surface area contributed by atoms with E-state index in [9.17, 15) is 4.79 Å². The van der Waals surface area contributed by atoms with Gasteiger partial charge in [0.25, 0.3) is 0 Å². The second kappa shape index (κ2) is 7.35. The van der Waals surface area contributed by atoms with Gasteiger partial charge < -0.3 is 10.6 Å². The fourth-order valence-corrected chi connectivity index (χ4v) is 2.66. The lowest BCUT2D eigenvalue weighted by Gasteiger charge is -2.13. The van der Waals surface area contributed by atoms with Gasteiger partial charge in [0.15, 0.2) is 5.78 Å². The Balaban J connectivity index is 1.87. The number of hydrogen-bond acceptors (Lipinski definition) is 5. The number of nitrogens with one attached hydrogen (secondary N) is 2. The van der Waals surface area contributed by atoms with E-state index in [-0.39, 0.29) is 5.78 Å². The Morgan fingerprint density at radius 1 is 0.923 bits per heavy atom. The molecule has 132 valence electrons. The maximum Gasteiger partial charge on any atom is 0.229 e. The van der Waals surface area contributed by atoms with E-state index in [1.807, 2.05) is 43.3 Å². The van der Waals surface area contributed by atoms with Gasteiger partial charge in [-0.2, -0.15) is 4.98 Å². The molecule has 2 N–H and O–H groups in total. The third-order valence-corrected chi connectivity index (χ3v) is 4.25. The van der Waals surface area contributed by atoms with Crippen molar-refractivity contribution in [2.24, 2.45) is 0 Å². The van der Waals surface area contributed by atoms with Crippen LogP contribution in [0.4, 0.5) is 23.1 Å². The van der Waals surface area contributed by atoms with E-state index < -0.39 is 0 Å². The number of aryl methyl sites for hydroxylation is 2. The smallest absolute Gasteiger partial charge is 0.229 e. The van der Waals surface area contributed by atoms with E-state index in [2.05, 4.69) is 40.5 Å². The second-order valence-electron chi connectivity index (χ2n) is 6.35. The standard InChI is InChI=1S/C21H22N4O/c1-13-7-5-10-19(15(13)3)24-21-22-14(2)11-20(25-21)23-18-9-6-8-17(12-18)16(4)26/h5-12H,1-4H3,(H2,22,23,24,25). The molecular weight excluding hydrogens is 324 g/mol. The first kappa shape index (κ1) is 17.6. The lowest BCUT2D eigenvalue weighted by Crippen LogP contribution is -2.04. The molecule has 0 saturated carbocycles. The molecule has 5 nitrogen and oxygen atoms in total. The first-order chi connectivity index (χ1) is 12.4. The molecule has 3 rings (SSSR count). The van der Waals surface area contributed by atoms with Gasteiger partial charge in [0.1, 0.15) is 5.82 Å². The number of Topliss-reactive ketones (excluding diaryl/α,β-unsaturated/α-hetero) is 1. The van der Waals surface area contributed by atoms with Gasteiger partial charge in [0.2, 0.25) is 5.95 Å². The highest BCUT2D eigenvalue weighted by atomic mass is 16.1. The number of hydrogen-bond donors (Lipinski definition) is 2. The number of carbonyl (C=O) groups excluding carboxylic acids is 1. The monoisotopic (exact) mass is 346 g/mol. The third-order valence-electron chi connectivity index (χ3n) is 4.25. The molecule has 0 amide bonds. The Bertz CT molecular complexity index is 966. The summed E-state index contributed by atoms with van der Waals surface area (Å²) in [7, 11) is 0. The number of benzene rings is 2. The lowest BCUT2D eigenvalue weighted by molar-refractivity contribution is 0.101. The Morgan fingerprint density at radius 3 is 2.46 bits per heavy atom. The highest BCUT2D eigenvalue weighted by Gasteiger charge is 2.07. The molecule has 1 aromatic heterocycles.